The highest BCUT2D eigenvalue weighted by Crippen LogP contribution is 2.26. The lowest BCUT2D eigenvalue weighted by atomic mass is 9.98. The largest absolute Gasteiger partial charge is 0.505 e. The van der Waals surface area contributed by atoms with Crippen LogP contribution < -0.4 is 16.2 Å². The number of carbonyl (C=O) groups is 2. The zero-order valence-corrected chi connectivity index (χ0v) is 19.1. The molecule has 2 amide bonds. The molecule has 9 heteroatoms. The molecule has 1 heterocycles. The zero-order chi connectivity index (χ0) is 24.8. The van der Waals surface area contributed by atoms with E-state index in [0.717, 1.165) is 11.1 Å². The van der Waals surface area contributed by atoms with E-state index in [-0.39, 0.29) is 30.3 Å². The highest BCUT2D eigenvalue weighted by atomic mass is 19.1. The predicted octanol–water partition coefficient (Wildman–Crippen LogP) is 4.02. The van der Waals surface area contributed by atoms with E-state index >= 15 is 0 Å². The molecule has 34 heavy (non-hydrogen) atoms. The molecule has 3 aromatic rings. The minimum atomic E-state index is -0.796. The van der Waals surface area contributed by atoms with Crippen LogP contribution in [0.5, 0.6) is 5.75 Å². The fourth-order valence-corrected chi connectivity index (χ4v) is 3.52. The summed E-state index contributed by atoms with van der Waals surface area (Å²) in [6.07, 6.45) is 1.29. The Hall–Kier alpha value is -4.14. The van der Waals surface area contributed by atoms with Crippen molar-refractivity contribution in [3.05, 3.63) is 82.0 Å². The van der Waals surface area contributed by atoms with E-state index < -0.39 is 23.6 Å². The number of ether oxygens (including phenoxy) is 1. The van der Waals surface area contributed by atoms with Crippen molar-refractivity contribution in [2.24, 2.45) is 7.05 Å². The van der Waals surface area contributed by atoms with Gasteiger partial charge in [-0.3, -0.25) is 9.59 Å². The van der Waals surface area contributed by atoms with Crippen LogP contribution in [0.2, 0.25) is 0 Å². The van der Waals surface area contributed by atoms with Gasteiger partial charge in [0.15, 0.2) is 5.69 Å². The topological polar surface area (TPSA) is 110 Å². The van der Waals surface area contributed by atoms with Gasteiger partial charge in [-0.25, -0.2) is 9.18 Å². The van der Waals surface area contributed by atoms with Crippen LogP contribution in [0.25, 0.3) is 11.1 Å². The number of amides is 2. The number of benzene rings is 2. The lowest BCUT2D eigenvalue weighted by Crippen LogP contribution is -2.36. The highest BCUT2D eigenvalue weighted by Gasteiger charge is 2.22. The van der Waals surface area contributed by atoms with Gasteiger partial charge in [-0.2, -0.15) is 0 Å². The van der Waals surface area contributed by atoms with Crippen LogP contribution in [0, 0.1) is 12.7 Å². The molecule has 178 valence electrons. The van der Waals surface area contributed by atoms with Crippen LogP contribution in [0.1, 0.15) is 30.5 Å². The fourth-order valence-electron chi connectivity index (χ4n) is 3.52. The Morgan fingerprint density at radius 3 is 2.53 bits per heavy atom. The third-order valence-corrected chi connectivity index (χ3v) is 5.22. The Balaban J connectivity index is 1.89. The Kier molecular flexibility index (Phi) is 7.68. The number of esters is 1. The molecule has 3 rings (SSSR count). The SMILES string of the molecule is CCOC(=O)C[C@H](NC(=O)Nc1c(O)c(C)cn(C)c1=O)c1cccc(-c2ccc(F)cc2)c1. The number of pyridine rings is 1. The van der Waals surface area contributed by atoms with Gasteiger partial charge in [0.05, 0.1) is 19.1 Å². The van der Waals surface area contributed by atoms with E-state index in [9.17, 15) is 23.9 Å². The normalized spacial score (nSPS) is 11.5. The molecule has 0 radical (unpaired) electrons. The Morgan fingerprint density at radius 2 is 1.85 bits per heavy atom. The van der Waals surface area contributed by atoms with Gasteiger partial charge < -0.3 is 25.0 Å². The monoisotopic (exact) mass is 467 g/mol. The number of nitrogens with one attached hydrogen (secondary N) is 2. The average molecular weight is 467 g/mol. The summed E-state index contributed by atoms with van der Waals surface area (Å²) in [7, 11) is 1.50. The van der Waals surface area contributed by atoms with Crippen LogP contribution in [0.4, 0.5) is 14.9 Å². The number of urea groups is 1. The molecular weight excluding hydrogens is 441 g/mol. The molecule has 8 nitrogen and oxygen atoms in total. The zero-order valence-electron chi connectivity index (χ0n) is 19.1. The number of rotatable bonds is 7. The van der Waals surface area contributed by atoms with Crippen molar-refractivity contribution >= 4 is 17.7 Å². The number of aromatic hydroxyl groups is 1. The molecule has 0 aliphatic rings. The molecule has 0 aliphatic carbocycles. The van der Waals surface area contributed by atoms with Crippen LogP contribution in [0.15, 0.2) is 59.5 Å². The molecule has 0 saturated heterocycles. The molecule has 1 aromatic heterocycles. The van der Waals surface area contributed by atoms with Gasteiger partial charge in [-0.15, -0.1) is 0 Å². The van der Waals surface area contributed by atoms with Crippen molar-refractivity contribution < 1.29 is 23.8 Å². The molecule has 0 saturated carbocycles. The van der Waals surface area contributed by atoms with Gasteiger partial charge in [0.1, 0.15) is 11.6 Å². The van der Waals surface area contributed by atoms with Gasteiger partial charge in [0, 0.05) is 18.8 Å². The van der Waals surface area contributed by atoms with E-state index in [2.05, 4.69) is 10.6 Å². The third-order valence-electron chi connectivity index (χ3n) is 5.22. The van der Waals surface area contributed by atoms with E-state index in [4.69, 9.17) is 4.74 Å². The second-order valence-corrected chi connectivity index (χ2v) is 7.74. The maximum atomic E-state index is 13.3. The molecule has 3 N–H and O–H groups in total. The lowest BCUT2D eigenvalue weighted by Gasteiger charge is -2.20. The average Bonchev–Trinajstić information content (AvgIpc) is 2.81. The minimum absolute atomic E-state index is 0.161. The first-order chi connectivity index (χ1) is 16.2. The summed E-state index contributed by atoms with van der Waals surface area (Å²) < 4.78 is 19.6. The first kappa shape index (κ1) is 24.5. The summed E-state index contributed by atoms with van der Waals surface area (Å²) >= 11 is 0. The van der Waals surface area contributed by atoms with E-state index in [1.807, 2.05) is 6.07 Å². The van der Waals surface area contributed by atoms with E-state index in [1.54, 1.807) is 44.2 Å². The standard InChI is InChI=1S/C25H26FN3O5/c1-4-34-21(30)13-20(18-7-5-6-17(12-18)16-8-10-19(26)11-9-16)27-25(33)28-22-23(31)15(2)14-29(3)24(22)32/h5-12,14,20,31H,4,13H2,1-3H3,(H2,27,28,33)/t20-/m0/s1. The summed E-state index contributed by atoms with van der Waals surface area (Å²) in [4.78, 5) is 37.4. The molecule has 2 aromatic carbocycles. The number of aryl methyl sites for hydroxylation is 2. The second-order valence-electron chi connectivity index (χ2n) is 7.74. The van der Waals surface area contributed by atoms with E-state index in [1.165, 1.54) is 29.9 Å². The van der Waals surface area contributed by atoms with Crippen molar-refractivity contribution in [3.8, 4) is 16.9 Å². The minimum Gasteiger partial charge on any atom is -0.505 e. The van der Waals surface area contributed by atoms with E-state index in [0.29, 0.717) is 11.1 Å². The van der Waals surface area contributed by atoms with Crippen molar-refractivity contribution in [1.82, 2.24) is 9.88 Å². The predicted molar refractivity (Wildman–Crippen MR) is 126 cm³/mol. The second kappa shape index (κ2) is 10.7. The molecule has 0 fully saturated rings. The molecule has 0 spiro atoms. The first-order valence-electron chi connectivity index (χ1n) is 10.7. The van der Waals surface area contributed by atoms with Gasteiger partial charge in [-0.05, 0) is 48.7 Å². The van der Waals surface area contributed by atoms with Crippen LogP contribution >= 0.6 is 0 Å². The van der Waals surface area contributed by atoms with Crippen LogP contribution in [-0.4, -0.2) is 28.3 Å². The van der Waals surface area contributed by atoms with Gasteiger partial charge >= 0.3 is 12.0 Å². The Labute approximate surface area is 196 Å². The van der Waals surface area contributed by atoms with Gasteiger partial charge in [0.25, 0.3) is 5.56 Å². The number of carbonyl (C=O) groups excluding carboxylic acids is 2. The molecule has 0 unspecified atom stereocenters. The fraction of sp³-hybridized carbons (Fsp3) is 0.240. The van der Waals surface area contributed by atoms with Crippen molar-refractivity contribution in [2.45, 2.75) is 26.3 Å². The summed E-state index contributed by atoms with van der Waals surface area (Å²) in [5, 5.41) is 15.3. The summed E-state index contributed by atoms with van der Waals surface area (Å²) in [6.45, 7) is 3.46. The smallest absolute Gasteiger partial charge is 0.319 e. The molecular formula is C25H26FN3O5. The third kappa shape index (κ3) is 5.80. The number of halogens is 1. The van der Waals surface area contributed by atoms with Crippen LogP contribution in [0.3, 0.4) is 0 Å². The van der Waals surface area contributed by atoms with Crippen LogP contribution in [-0.2, 0) is 16.6 Å². The number of hydrogen-bond acceptors (Lipinski definition) is 5. The highest BCUT2D eigenvalue weighted by molar-refractivity contribution is 5.91. The molecule has 1 atom stereocenters. The summed E-state index contributed by atoms with van der Waals surface area (Å²) in [6, 6.07) is 11.5. The maximum absolute atomic E-state index is 13.3. The summed E-state index contributed by atoms with van der Waals surface area (Å²) in [5.74, 6) is -1.21. The maximum Gasteiger partial charge on any atom is 0.319 e. The Morgan fingerprint density at radius 1 is 1.15 bits per heavy atom. The molecule has 0 bridgehead atoms. The molecule has 0 aliphatic heterocycles. The summed E-state index contributed by atoms with van der Waals surface area (Å²) in [5.41, 5.74) is 1.68. The van der Waals surface area contributed by atoms with Gasteiger partial charge in [-0.1, -0.05) is 30.3 Å². The Bertz CT molecular complexity index is 1250. The van der Waals surface area contributed by atoms with Crippen molar-refractivity contribution in [2.75, 3.05) is 11.9 Å². The quantitative estimate of drug-likeness (QED) is 0.455. The van der Waals surface area contributed by atoms with Crippen molar-refractivity contribution in [3.63, 3.8) is 0 Å². The lowest BCUT2D eigenvalue weighted by molar-refractivity contribution is -0.143. The van der Waals surface area contributed by atoms with Gasteiger partial charge in [0.2, 0.25) is 0 Å². The number of hydrogen-bond donors (Lipinski definition) is 3. The van der Waals surface area contributed by atoms with Crippen molar-refractivity contribution in [1.29, 1.82) is 0 Å². The number of anilines is 1. The first-order valence-corrected chi connectivity index (χ1v) is 10.7. The number of aromatic nitrogens is 1. The number of nitrogens with zero attached hydrogens (tertiary/aromatic N) is 1.